The third-order valence-electron chi connectivity index (χ3n) is 4.65. The van der Waals surface area contributed by atoms with Gasteiger partial charge in [0.05, 0.1) is 17.2 Å². The molecule has 1 aliphatic rings. The number of nitrogens with one attached hydrogen (secondary N) is 1. The fourth-order valence-corrected chi connectivity index (χ4v) is 3.48. The highest BCUT2D eigenvalue weighted by molar-refractivity contribution is 6.30. The molecule has 0 aliphatic heterocycles. The summed E-state index contributed by atoms with van der Waals surface area (Å²) in [6.45, 7) is 0. The van der Waals surface area contributed by atoms with Gasteiger partial charge in [0.1, 0.15) is 22.7 Å². The summed E-state index contributed by atoms with van der Waals surface area (Å²) in [5.74, 6) is 0.448. The molecule has 1 aliphatic carbocycles. The maximum atomic E-state index is 10.2. The lowest BCUT2D eigenvalue weighted by atomic mass is 9.92. The molecule has 0 amide bonds. The van der Waals surface area contributed by atoms with Crippen molar-refractivity contribution in [1.82, 2.24) is 20.2 Å². The van der Waals surface area contributed by atoms with Crippen LogP contribution < -0.4 is 5.32 Å². The topological polar surface area (TPSA) is 104 Å². The van der Waals surface area contributed by atoms with E-state index in [1.807, 2.05) is 6.07 Å². The summed E-state index contributed by atoms with van der Waals surface area (Å²) in [6, 6.07) is 4.99. The molecule has 3 aromatic rings. The molecule has 8 heteroatoms. The second kappa shape index (κ2) is 7.01. The molecule has 26 heavy (non-hydrogen) atoms. The average molecular weight is 372 g/mol. The number of hydrogen-bond acceptors (Lipinski definition) is 7. The van der Waals surface area contributed by atoms with Gasteiger partial charge in [0.2, 0.25) is 0 Å². The summed E-state index contributed by atoms with van der Waals surface area (Å²) in [5, 5.41) is 33.2. The first kappa shape index (κ1) is 16.9. The zero-order valence-corrected chi connectivity index (χ0v) is 14.7. The number of pyridine rings is 2. The monoisotopic (exact) mass is 371 g/mol. The first-order valence-corrected chi connectivity index (χ1v) is 8.92. The maximum absolute atomic E-state index is 10.2. The standard InChI is InChI=1S/C18H18ClN5O2/c19-10-8-14(26)17(21-9-10)15-11-4-3-7-20-16(11)18(24-23-15)22-12-5-1-2-6-13(12)25/h3-4,7-9,12-13,25-26H,1-2,5-6H2,(H,22,24). The second-order valence-corrected chi connectivity index (χ2v) is 6.86. The molecule has 1 saturated carbocycles. The number of aliphatic hydroxyl groups is 1. The molecule has 0 saturated heterocycles. The fraction of sp³-hybridized carbons (Fsp3) is 0.333. The van der Waals surface area contributed by atoms with Gasteiger partial charge in [-0.2, -0.15) is 0 Å². The molecular formula is C18H18ClN5O2. The molecule has 2 unspecified atom stereocenters. The Morgan fingerprint density at radius 3 is 2.77 bits per heavy atom. The number of aliphatic hydroxyl groups excluding tert-OH is 1. The minimum atomic E-state index is -0.411. The number of fused-ring (bicyclic) bond motifs is 1. The van der Waals surface area contributed by atoms with Gasteiger partial charge in [0.15, 0.2) is 5.82 Å². The Balaban J connectivity index is 1.78. The third kappa shape index (κ3) is 3.15. The normalized spacial score (nSPS) is 20.2. The van der Waals surface area contributed by atoms with Crippen LogP contribution in [-0.4, -0.2) is 42.5 Å². The Morgan fingerprint density at radius 2 is 1.96 bits per heavy atom. The predicted molar refractivity (Wildman–Crippen MR) is 99.1 cm³/mol. The molecule has 1 fully saturated rings. The van der Waals surface area contributed by atoms with Crippen LogP contribution in [0.5, 0.6) is 5.75 Å². The summed E-state index contributed by atoms with van der Waals surface area (Å²) in [4.78, 5) is 8.61. The zero-order valence-electron chi connectivity index (χ0n) is 13.9. The van der Waals surface area contributed by atoms with Crippen molar-refractivity contribution in [1.29, 1.82) is 0 Å². The smallest absolute Gasteiger partial charge is 0.175 e. The molecule has 2 atom stereocenters. The van der Waals surface area contributed by atoms with Gasteiger partial charge < -0.3 is 15.5 Å². The SMILES string of the molecule is Oc1cc(Cl)cnc1-c1nnc(NC2CCCCC2O)c2ncccc12. The minimum absolute atomic E-state index is 0.0691. The van der Waals surface area contributed by atoms with Gasteiger partial charge in [-0.25, -0.2) is 4.98 Å². The fourth-order valence-electron chi connectivity index (χ4n) is 3.32. The Hall–Kier alpha value is -2.51. The van der Waals surface area contributed by atoms with Crippen LogP contribution in [0.4, 0.5) is 5.82 Å². The van der Waals surface area contributed by atoms with E-state index in [0.29, 0.717) is 33.1 Å². The number of anilines is 1. The van der Waals surface area contributed by atoms with Gasteiger partial charge in [-0.3, -0.25) is 4.98 Å². The van der Waals surface area contributed by atoms with E-state index in [0.717, 1.165) is 25.7 Å². The number of nitrogens with zero attached hydrogens (tertiary/aromatic N) is 4. The number of rotatable bonds is 3. The Bertz CT molecular complexity index is 952. The minimum Gasteiger partial charge on any atom is -0.506 e. The van der Waals surface area contributed by atoms with Crippen molar-refractivity contribution < 1.29 is 10.2 Å². The van der Waals surface area contributed by atoms with Crippen LogP contribution >= 0.6 is 11.6 Å². The van der Waals surface area contributed by atoms with E-state index >= 15 is 0 Å². The highest BCUT2D eigenvalue weighted by Gasteiger charge is 2.25. The predicted octanol–water partition coefficient (Wildman–Crippen LogP) is 3.16. The van der Waals surface area contributed by atoms with E-state index < -0.39 is 6.10 Å². The number of halogens is 1. The Labute approximate surface area is 155 Å². The van der Waals surface area contributed by atoms with Gasteiger partial charge in [0, 0.05) is 23.8 Å². The summed E-state index contributed by atoms with van der Waals surface area (Å²) in [7, 11) is 0. The summed E-state index contributed by atoms with van der Waals surface area (Å²) in [6.07, 6.45) is 6.45. The van der Waals surface area contributed by atoms with Gasteiger partial charge in [-0.05, 0) is 25.0 Å². The molecule has 4 rings (SSSR count). The van der Waals surface area contributed by atoms with Crippen molar-refractivity contribution in [2.45, 2.75) is 37.8 Å². The van der Waals surface area contributed by atoms with E-state index in [1.54, 1.807) is 12.3 Å². The van der Waals surface area contributed by atoms with Crippen LogP contribution in [0.1, 0.15) is 25.7 Å². The van der Waals surface area contributed by atoms with Crippen molar-refractivity contribution in [3.63, 3.8) is 0 Å². The maximum Gasteiger partial charge on any atom is 0.175 e. The molecule has 0 aromatic carbocycles. The molecule has 7 nitrogen and oxygen atoms in total. The van der Waals surface area contributed by atoms with E-state index in [2.05, 4.69) is 25.5 Å². The number of aromatic nitrogens is 4. The lowest BCUT2D eigenvalue weighted by Crippen LogP contribution is -2.36. The lowest BCUT2D eigenvalue weighted by molar-refractivity contribution is 0.116. The largest absolute Gasteiger partial charge is 0.506 e. The summed E-state index contributed by atoms with van der Waals surface area (Å²) < 4.78 is 0. The van der Waals surface area contributed by atoms with E-state index in [9.17, 15) is 10.2 Å². The Morgan fingerprint density at radius 1 is 1.12 bits per heavy atom. The molecule has 3 N–H and O–H groups in total. The molecular weight excluding hydrogens is 354 g/mol. The molecule has 134 valence electrons. The van der Waals surface area contributed by atoms with Crippen LogP contribution in [0.2, 0.25) is 5.02 Å². The quantitative estimate of drug-likeness (QED) is 0.649. The van der Waals surface area contributed by atoms with Crippen molar-refractivity contribution in [2.24, 2.45) is 0 Å². The first-order chi connectivity index (χ1) is 12.6. The second-order valence-electron chi connectivity index (χ2n) is 6.42. The highest BCUT2D eigenvalue weighted by Crippen LogP contribution is 2.34. The molecule has 0 radical (unpaired) electrons. The van der Waals surface area contributed by atoms with E-state index in [-0.39, 0.29) is 11.8 Å². The first-order valence-electron chi connectivity index (χ1n) is 8.54. The van der Waals surface area contributed by atoms with Gasteiger partial charge in [-0.15, -0.1) is 10.2 Å². The van der Waals surface area contributed by atoms with Crippen molar-refractivity contribution in [3.05, 3.63) is 35.6 Å². The summed E-state index contributed by atoms with van der Waals surface area (Å²) in [5.41, 5.74) is 1.34. The number of aromatic hydroxyl groups is 1. The average Bonchev–Trinajstić information content (AvgIpc) is 2.64. The molecule has 0 bridgehead atoms. The highest BCUT2D eigenvalue weighted by atomic mass is 35.5. The molecule has 3 heterocycles. The van der Waals surface area contributed by atoms with Crippen molar-refractivity contribution in [3.8, 4) is 17.1 Å². The van der Waals surface area contributed by atoms with Gasteiger partial charge in [0.25, 0.3) is 0 Å². The number of hydrogen-bond donors (Lipinski definition) is 3. The van der Waals surface area contributed by atoms with E-state index in [4.69, 9.17) is 11.6 Å². The van der Waals surface area contributed by atoms with Crippen LogP contribution in [0.15, 0.2) is 30.6 Å². The van der Waals surface area contributed by atoms with Gasteiger partial charge in [-0.1, -0.05) is 24.4 Å². The van der Waals surface area contributed by atoms with Crippen molar-refractivity contribution >= 4 is 28.3 Å². The third-order valence-corrected chi connectivity index (χ3v) is 4.85. The Kier molecular flexibility index (Phi) is 4.57. The van der Waals surface area contributed by atoms with E-state index in [1.165, 1.54) is 12.3 Å². The van der Waals surface area contributed by atoms with Crippen LogP contribution in [0.3, 0.4) is 0 Å². The molecule has 0 spiro atoms. The van der Waals surface area contributed by atoms with Crippen molar-refractivity contribution in [2.75, 3.05) is 5.32 Å². The van der Waals surface area contributed by atoms with Crippen LogP contribution in [-0.2, 0) is 0 Å². The lowest BCUT2D eigenvalue weighted by Gasteiger charge is -2.28. The van der Waals surface area contributed by atoms with Crippen LogP contribution in [0.25, 0.3) is 22.3 Å². The zero-order chi connectivity index (χ0) is 18.1. The summed E-state index contributed by atoms with van der Waals surface area (Å²) >= 11 is 5.87. The van der Waals surface area contributed by atoms with Gasteiger partial charge >= 0.3 is 0 Å². The molecule has 3 aromatic heterocycles. The van der Waals surface area contributed by atoms with Crippen LogP contribution in [0, 0.1) is 0 Å².